The molecule has 9 N–H and O–H groups in total. The molecule has 2 rings (SSSR count). The Morgan fingerprint density at radius 2 is 1.11 bits per heavy atom. The van der Waals surface area contributed by atoms with Crippen molar-refractivity contribution in [1.82, 2.24) is 20.9 Å². The van der Waals surface area contributed by atoms with E-state index in [4.69, 9.17) is 19.9 Å². The van der Waals surface area contributed by atoms with Crippen LogP contribution in [-0.2, 0) is 33.4 Å². The van der Waals surface area contributed by atoms with E-state index in [0.717, 1.165) is 51.4 Å². The Hall–Kier alpha value is -2.44. The highest BCUT2D eigenvalue weighted by molar-refractivity contribution is 5.78. The summed E-state index contributed by atoms with van der Waals surface area (Å²) in [6.07, 6.45) is 20.2. The number of rotatable bonds is 38. The first-order valence-electron chi connectivity index (χ1n) is 25.8. The summed E-state index contributed by atoms with van der Waals surface area (Å²) >= 11 is 0. The number of nitrogens with one attached hydrogen (secondary N) is 3. The number of hydrogen-bond acceptors (Lipinski definition) is 13. The second-order valence-corrected chi connectivity index (χ2v) is 18.6. The number of piperidine rings is 1. The number of likely N-dealkylation sites (tertiary alicyclic amines) is 1. The number of nitrogens with zero attached hydrogens (tertiary/aromatic N) is 1. The molecule has 0 bridgehead atoms. The lowest BCUT2D eigenvalue weighted by Crippen LogP contribution is -2.68. The molecule has 16 heteroatoms. The van der Waals surface area contributed by atoms with Gasteiger partial charge in [0.1, 0.15) is 24.4 Å². The van der Waals surface area contributed by atoms with E-state index in [9.17, 15) is 39.6 Å². The lowest BCUT2D eigenvalue weighted by atomic mass is 9.92. The number of carbonyl (C=O) groups excluding carboxylic acids is 4. The molecule has 2 heterocycles. The molecule has 2 saturated heterocycles. The summed E-state index contributed by atoms with van der Waals surface area (Å²) in [6, 6.07) is -2.88. The Bertz CT molecular complexity index is 1270. The van der Waals surface area contributed by atoms with E-state index < -0.39 is 73.4 Å². The van der Waals surface area contributed by atoms with Crippen LogP contribution in [0.3, 0.4) is 0 Å². The predicted octanol–water partition coefficient (Wildman–Crippen LogP) is 5.04. The summed E-state index contributed by atoms with van der Waals surface area (Å²) in [6.45, 7) is 3.88. The van der Waals surface area contributed by atoms with Crippen molar-refractivity contribution in [1.29, 1.82) is 0 Å². The molecule has 0 aromatic carbocycles. The number of aliphatic hydroxyl groups is 4. The molecule has 0 spiro atoms. The quantitative estimate of drug-likeness (QED) is 0.0300. The molecular weight excluding hydrogens is 835 g/mol. The second-order valence-electron chi connectivity index (χ2n) is 18.6. The molecule has 9 atom stereocenters. The summed E-state index contributed by atoms with van der Waals surface area (Å²) in [5.41, 5.74) is 5.61. The Balaban J connectivity index is 1.95. The molecule has 0 saturated carbocycles. The van der Waals surface area contributed by atoms with Gasteiger partial charge in [0.05, 0.1) is 31.3 Å². The Morgan fingerprint density at radius 1 is 0.631 bits per heavy atom. The molecule has 380 valence electrons. The van der Waals surface area contributed by atoms with Gasteiger partial charge in [-0.2, -0.15) is 0 Å². The first-order valence-corrected chi connectivity index (χ1v) is 25.8. The maximum absolute atomic E-state index is 13.4. The third-order valence-electron chi connectivity index (χ3n) is 13.0. The molecule has 16 nitrogen and oxygen atoms in total. The maximum Gasteiger partial charge on any atom is 0.306 e. The van der Waals surface area contributed by atoms with Crippen molar-refractivity contribution < 1.29 is 53.8 Å². The van der Waals surface area contributed by atoms with Crippen LogP contribution in [0.15, 0.2) is 0 Å². The Kier molecular flexibility index (Phi) is 33.0. The first kappa shape index (κ1) is 58.7. The van der Waals surface area contributed by atoms with Gasteiger partial charge in [0, 0.05) is 39.5 Å². The van der Waals surface area contributed by atoms with Crippen LogP contribution < -0.4 is 21.7 Å². The SMILES string of the molecule is CCCCCCCCCCCCCC(=O)N[C@H]1CN(CC(=O)NC[C@H]2O[C@H](OC)[C@H](NC(=O)CCCCCN)[C@@H](OC(=O)CCCCCCCCCCCCC)[C@@H]2O)[C@H](CO)[C@@H](O)[C@@H]1O. The molecule has 2 fully saturated rings. The van der Waals surface area contributed by atoms with Gasteiger partial charge >= 0.3 is 5.97 Å². The molecule has 0 aromatic heterocycles. The van der Waals surface area contributed by atoms with Crippen LogP contribution in [0.5, 0.6) is 0 Å². The van der Waals surface area contributed by atoms with Crippen LogP contribution >= 0.6 is 0 Å². The van der Waals surface area contributed by atoms with E-state index in [1.54, 1.807) is 0 Å². The third kappa shape index (κ3) is 24.4. The van der Waals surface area contributed by atoms with Crippen molar-refractivity contribution in [3.8, 4) is 0 Å². The molecule has 0 aliphatic carbocycles. The van der Waals surface area contributed by atoms with Crippen molar-refractivity contribution in [3.63, 3.8) is 0 Å². The monoisotopic (exact) mass is 928 g/mol. The van der Waals surface area contributed by atoms with Gasteiger partial charge < -0.3 is 56.3 Å². The highest BCUT2D eigenvalue weighted by Crippen LogP contribution is 2.26. The zero-order valence-electron chi connectivity index (χ0n) is 40.7. The molecule has 3 amide bonds. The fourth-order valence-electron chi connectivity index (χ4n) is 8.99. The third-order valence-corrected chi connectivity index (χ3v) is 13.0. The standard InChI is InChI=1S/C49H93N5O11/c1-4-6-8-10-12-14-16-18-20-22-25-29-40(56)52-37-34-54(38(36-55)46(61)45(37)60)35-42(58)51-33-39-47(62)48(44(49(63-3)64-39)53-41(57)30-26-24-28-32-50)65-43(59)31-27-23-21-19-17-15-13-11-9-7-5-2/h37-39,44-49,55,60-62H,4-36,50H2,1-3H3,(H,51,58)(H,52,56)(H,53,57)/t37-,38+,39+,44+,45+,46+,47+,48+,49-/m0/s1. The van der Waals surface area contributed by atoms with E-state index in [-0.39, 0.29) is 50.7 Å². The second kappa shape index (κ2) is 36.6. The minimum Gasteiger partial charge on any atom is -0.457 e. The van der Waals surface area contributed by atoms with Crippen LogP contribution in [0.25, 0.3) is 0 Å². The average Bonchev–Trinajstić information content (AvgIpc) is 3.29. The van der Waals surface area contributed by atoms with Gasteiger partial charge in [-0.25, -0.2) is 0 Å². The lowest BCUT2D eigenvalue weighted by Gasteiger charge is -2.45. The molecule has 2 aliphatic rings. The summed E-state index contributed by atoms with van der Waals surface area (Å²) < 4.78 is 17.6. The normalized spacial score (nSPS) is 24.7. The Morgan fingerprint density at radius 3 is 1.60 bits per heavy atom. The molecule has 2 aliphatic heterocycles. The Labute approximate surface area is 391 Å². The van der Waals surface area contributed by atoms with Crippen LogP contribution in [0.1, 0.15) is 194 Å². The largest absolute Gasteiger partial charge is 0.457 e. The lowest BCUT2D eigenvalue weighted by molar-refractivity contribution is -0.260. The van der Waals surface area contributed by atoms with Gasteiger partial charge in [-0.1, -0.05) is 149 Å². The van der Waals surface area contributed by atoms with E-state index in [1.807, 2.05) is 0 Å². The summed E-state index contributed by atoms with van der Waals surface area (Å²) in [7, 11) is 1.38. The molecule has 0 aromatic rings. The number of hydrogen-bond donors (Lipinski definition) is 8. The smallest absolute Gasteiger partial charge is 0.306 e. The van der Waals surface area contributed by atoms with Crippen molar-refractivity contribution in [2.45, 2.75) is 249 Å². The van der Waals surface area contributed by atoms with E-state index >= 15 is 0 Å². The summed E-state index contributed by atoms with van der Waals surface area (Å²) in [5, 5.41) is 52.0. The van der Waals surface area contributed by atoms with Crippen molar-refractivity contribution >= 4 is 23.7 Å². The minimum atomic E-state index is -1.46. The number of esters is 1. The number of ether oxygens (including phenoxy) is 3. The van der Waals surface area contributed by atoms with Gasteiger partial charge in [0.15, 0.2) is 12.4 Å². The van der Waals surface area contributed by atoms with Gasteiger partial charge in [-0.3, -0.25) is 24.1 Å². The highest BCUT2D eigenvalue weighted by atomic mass is 16.7. The maximum atomic E-state index is 13.4. The molecule has 0 unspecified atom stereocenters. The number of amides is 3. The van der Waals surface area contributed by atoms with Crippen molar-refractivity contribution in [2.75, 3.05) is 39.9 Å². The number of carbonyl (C=O) groups is 4. The van der Waals surface area contributed by atoms with E-state index in [1.165, 1.54) is 102 Å². The number of aliphatic hydroxyl groups excluding tert-OH is 4. The number of nitrogens with two attached hydrogens (primary N) is 1. The zero-order chi connectivity index (χ0) is 47.7. The van der Waals surface area contributed by atoms with Gasteiger partial charge in [0.2, 0.25) is 17.7 Å². The van der Waals surface area contributed by atoms with Crippen LogP contribution in [0, 0.1) is 0 Å². The molecule has 0 radical (unpaired) electrons. The summed E-state index contributed by atoms with van der Waals surface area (Å²) in [5.74, 6) is -1.64. The predicted molar refractivity (Wildman–Crippen MR) is 253 cm³/mol. The van der Waals surface area contributed by atoms with Crippen LogP contribution in [0.4, 0.5) is 0 Å². The number of unbranched alkanes of at least 4 members (excludes halogenated alkanes) is 22. The number of methoxy groups -OCH3 is 1. The van der Waals surface area contributed by atoms with Crippen molar-refractivity contribution in [2.24, 2.45) is 5.73 Å². The fraction of sp³-hybridized carbons (Fsp3) is 0.918. The summed E-state index contributed by atoms with van der Waals surface area (Å²) in [4.78, 5) is 54.1. The zero-order valence-corrected chi connectivity index (χ0v) is 40.7. The van der Waals surface area contributed by atoms with Crippen LogP contribution in [0.2, 0.25) is 0 Å². The van der Waals surface area contributed by atoms with Crippen LogP contribution in [-0.4, -0.2) is 144 Å². The van der Waals surface area contributed by atoms with Crippen molar-refractivity contribution in [3.05, 3.63) is 0 Å². The highest BCUT2D eigenvalue weighted by Gasteiger charge is 2.49. The van der Waals surface area contributed by atoms with E-state index in [2.05, 4.69) is 29.8 Å². The molecule has 65 heavy (non-hydrogen) atoms. The average molecular weight is 928 g/mol. The fourth-order valence-corrected chi connectivity index (χ4v) is 8.99. The topological polar surface area (TPSA) is 242 Å². The van der Waals surface area contributed by atoms with Gasteiger partial charge in [-0.15, -0.1) is 0 Å². The first-order chi connectivity index (χ1) is 31.5. The van der Waals surface area contributed by atoms with Gasteiger partial charge in [-0.05, 0) is 32.2 Å². The minimum absolute atomic E-state index is 0.0000768. The molecular formula is C49H93N5O11. The van der Waals surface area contributed by atoms with Gasteiger partial charge in [0.25, 0.3) is 0 Å². The van der Waals surface area contributed by atoms with E-state index in [0.29, 0.717) is 25.8 Å².